The fraction of sp³-hybridized carbons (Fsp3) is 0.167. The third-order valence-corrected chi connectivity index (χ3v) is 6.08. The number of hydrogen-bond acceptors (Lipinski definition) is 3. The van der Waals surface area contributed by atoms with E-state index in [2.05, 4.69) is 20.9 Å². The molecule has 0 saturated carbocycles. The van der Waals surface area contributed by atoms with Gasteiger partial charge < -0.3 is 9.32 Å². The third-order valence-electron chi connectivity index (χ3n) is 5.55. The van der Waals surface area contributed by atoms with Gasteiger partial charge in [0, 0.05) is 16.6 Å². The minimum absolute atomic E-state index is 0.0558. The van der Waals surface area contributed by atoms with Crippen LogP contribution in [-0.2, 0) is 0 Å². The lowest BCUT2D eigenvalue weighted by Gasteiger charge is -2.22. The molecule has 0 N–H and O–H groups in total. The first-order valence-corrected chi connectivity index (χ1v) is 10.7. The topological polar surface area (TPSA) is 46.3 Å². The zero-order chi connectivity index (χ0) is 21.5. The van der Waals surface area contributed by atoms with Gasteiger partial charge in [0.2, 0.25) is 5.89 Å². The van der Waals surface area contributed by atoms with Crippen molar-refractivity contribution in [1.82, 2.24) is 9.88 Å². The molecule has 1 amide bonds. The van der Waals surface area contributed by atoms with Crippen LogP contribution in [0.2, 0.25) is 0 Å². The molecule has 0 aliphatic carbocycles. The van der Waals surface area contributed by atoms with E-state index in [-0.39, 0.29) is 11.9 Å². The summed E-state index contributed by atoms with van der Waals surface area (Å²) < 4.78 is 33.8. The van der Waals surface area contributed by atoms with Crippen molar-refractivity contribution < 1.29 is 18.0 Å². The fourth-order valence-electron chi connectivity index (χ4n) is 3.97. The Balaban J connectivity index is 1.46. The molecule has 3 aromatic carbocycles. The maximum atomic E-state index is 13.6. The highest BCUT2D eigenvalue weighted by Gasteiger charge is 2.34. The van der Waals surface area contributed by atoms with Crippen LogP contribution in [0.3, 0.4) is 0 Å². The Hall–Kier alpha value is -3.06. The van der Waals surface area contributed by atoms with E-state index in [0.29, 0.717) is 40.2 Å². The molecule has 0 bridgehead atoms. The molecule has 0 spiro atoms. The van der Waals surface area contributed by atoms with Gasteiger partial charge in [-0.2, -0.15) is 0 Å². The SMILES string of the molecule is O=C(c1ccc(Br)cc1)N1CCCC1c1nc2cc(-c3ccc(F)c(F)c3)ccc2o1. The molecule has 4 nitrogen and oxygen atoms in total. The molecule has 1 saturated heterocycles. The summed E-state index contributed by atoms with van der Waals surface area (Å²) in [5.41, 5.74) is 3.08. The van der Waals surface area contributed by atoms with Gasteiger partial charge in [-0.25, -0.2) is 13.8 Å². The zero-order valence-corrected chi connectivity index (χ0v) is 17.9. The van der Waals surface area contributed by atoms with E-state index < -0.39 is 11.6 Å². The number of amides is 1. The molecule has 4 aromatic rings. The lowest BCUT2D eigenvalue weighted by atomic mass is 10.1. The minimum Gasteiger partial charge on any atom is -0.438 e. The number of hydrogen-bond donors (Lipinski definition) is 0. The molecule has 1 aromatic heterocycles. The molecule has 1 atom stereocenters. The Bertz CT molecular complexity index is 1290. The number of carbonyl (C=O) groups is 1. The van der Waals surface area contributed by atoms with Gasteiger partial charge in [0.05, 0.1) is 0 Å². The van der Waals surface area contributed by atoms with Crippen LogP contribution in [0, 0.1) is 11.6 Å². The van der Waals surface area contributed by atoms with Crippen LogP contribution in [0.5, 0.6) is 0 Å². The molecule has 156 valence electrons. The zero-order valence-electron chi connectivity index (χ0n) is 16.3. The molecule has 2 heterocycles. The fourth-order valence-corrected chi connectivity index (χ4v) is 4.23. The van der Waals surface area contributed by atoms with Crippen molar-refractivity contribution >= 4 is 32.9 Å². The van der Waals surface area contributed by atoms with Gasteiger partial charge in [0.25, 0.3) is 5.91 Å². The smallest absolute Gasteiger partial charge is 0.254 e. The second-order valence-corrected chi connectivity index (χ2v) is 8.44. The second-order valence-electron chi connectivity index (χ2n) is 7.53. The summed E-state index contributed by atoms with van der Waals surface area (Å²) in [7, 11) is 0. The average molecular weight is 483 g/mol. The van der Waals surface area contributed by atoms with Gasteiger partial charge in [-0.05, 0) is 72.5 Å². The second kappa shape index (κ2) is 7.89. The van der Waals surface area contributed by atoms with E-state index in [0.717, 1.165) is 29.4 Å². The summed E-state index contributed by atoms with van der Waals surface area (Å²) in [5.74, 6) is -1.35. The lowest BCUT2D eigenvalue weighted by Crippen LogP contribution is -2.30. The summed E-state index contributed by atoms with van der Waals surface area (Å²) in [6.07, 6.45) is 1.64. The van der Waals surface area contributed by atoms with Gasteiger partial charge in [0.1, 0.15) is 11.6 Å². The molecule has 0 radical (unpaired) electrons. The van der Waals surface area contributed by atoms with Crippen LogP contribution in [0.15, 0.2) is 69.6 Å². The Labute approximate surface area is 185 Å². The van der Waals surface area contributed by atoms with E-state index in [9.17, 15) is 13.6 Å². The van der Waals surface area contributed by atoms with Crippen LogP contribution < -0.4 is 0 Å². The number of nitrogens with zero attached hydrogens (tertiary/aromatic N) is 2. The van der Waals surface area contributed by atoms with Crippen molar-refractivity contribution in [3.05, 3.63) is 88.2 Å². The van der Waals surface area contributed by atoms with E-state index in [1.54, 1.807) is 35.2 Å². The maximum absolute atomic E-state index is 13.6. The summed E-state index contributed by atoms with van der Waals surface area (Å²) >= 11 is 3.39. The van der Waals surface area contributed by atoms with Crippen LogP contribution in [0.4, 0.5) is 8.78 Å². The van der Waals surface area contributed by atoms with Crippen molar-refractivity contribution in [1.29, 1.82) is 0 Å². The van der Waals surface area contributed by atoms with Gasteiger partial charge in [-0.3, -0.25) is 4.79 Å². The van der Waals surface area contributed by atoms with Crippen molar-refractivity contribution in [2.24, 2.45) is 0 Å². The highest BCUT2D eigenvalue weighted by Crippen LogP contribution is 2.35. The first-order chi connectivity index (χ1) is 15.0. The van der Waals surface area contributed by atoms with Gasteiger partial charge in [-0.15, -0.1) is 0 Å². The molecule has 7 heteroatoms. The number of carbonyl (C=O) groups excluding carboxylic acids is 1. The first kappa shape index (κ1) is 19.9. The third kappa shape index (κ3) is 3.74. The Kier molecular flexibility index (Phi) is 5.06. The number of halogens is 3. The maximum Gasteiger partial charge on any atom is 0.254 e. The van der Waals surface area contributed by atoms with Gasteiger partial charge >= 0.3 is 0 Å². The molecule has 1 unspecified atom stereocenters. The van der Waals surface area contributed by atoms with Gasteiger partial charge in [0.15, 0.2) is 17.2 Å². The molecular weight excluding hydrogens is 466 g/mol. The number of likely N-dealkylation sites (tertiary alicyclic amines) is 1. The molecule has 1 aliphatic rings. The number of oxazole rings is 1. The summed E-state index contributed by atoms with van der Waals surface area (Å²) in [4.78, 5) is 19.5. The number of benzene rings is 3. The van der Waals surface area contributed by atoms with Crippen molar-refractivity contribution in [2.45, 2.75) is 18.9 Å². The molecule has 1 fully saturated rings. The highest BCUT2D eigenvalue weighted by atomic mass is 79.9. The summed E-state index contributed by atoms with van der Waals surface area (Å²) in [6.45, 7) is 0.637. The average Bonchev–Trinajstić information content (AvgIpc) is 3.42. The van der Waals surface area contributed by atoms with Crippen LogP contribution >= 0.6 is 15.9 Å². The largest absolute Gasteiger partial charge is 0.438 e. The van der Waals surface area contributed by atoms with E-state index >= 15 is 0 Å². The Morgan fingerprint density at radius 2 is 1.74 bits per heavy atom. The number of rotatable bonds is 3. The van der Waals surface area contributed by atoms with Crippen LogP contribution in [0.1, 0.15) is 35.1 Å². The standard InChI is InChI=1S/C24H17BrF2N2O2/c25-17-7-3-14(4-8-17)24(30)29-11-1-2-21(29)23-28-20-13-16(6-10-22(20)31-23)15-5-9-18(26)19(27)12-15/h3-10,12-13,21H,1-2,11H2. The normalized spacial score (nSPS) is 16.2. The quantitative estimate of drug-likeness (QED) is 0.334. The summed E-state index contributed by atoms with van der Waals surface area (Å²) in [5, 5.41) is 0. The number of aromatic nitrogens is 1. The van der Waals surface area contributed by atoms with Crippen LogP contribution in [-0.4, -0.2) is 22.3 Å². The van der Waals surface area contributed by atoms with Crippen molar-refractivity contribution in [2.75, 3.05) is 6.54 Å². The van der Waals surface area contributed by atoms with Crippen molar-refractivity contribution in [3.8, 4) is 11.1 Å². The number of fused-ring (bicyclic) bond motifs is 1. The van der Waals surface area contributed by atoms with Crippen molar-refractivity contribution in [3.63, 3.8) is 0 Å². The Morgan fingerprint density at radius 1 is 1.00 bits per heavy atom. The van der Waals surface area contributed by atoms with E-state index in [1.807, 2.05) is 12.1 Å². The summed E-state index contributed by atoms with van der Waals surface area (Å²) in [6, 6.07) is 16.2. The van der Waals surface area contributed by atoms with E-state index in [1.165, 1.54) is 6.07 Å². The van der Waals surface area contributed by atoms with E-state index in [4.69, 9.17) is 4.42 Å². The molecule has 31 heavy (non-hydrogen) atoms. The lowest BCUT2D eigenvalue weighted by molar-refractivity contribution is 0.0717. The monoisotopic (exact) mass is 482 g/mol. The molecule has 1 aliphatic heterocycles. The molecule has 5 rings (SSSR count). The highest BCUT2D eigenvalue weighted by molar-refractivity contribution is 9.10. The minimum atomic E-state index is -0.897. The first-order valence-electron chi connectivity index (χ1n) is 9.92. The van der Waals surface area contributed by atoms with Gasteiger partial charge in [-0.1, -0.05) is 28.1 Å². The molecular formula is C24H17BrF2N2O2. The predicted octanol–water partition coefficient (Wildman–Crippen LogP) is 6.51. The predicted molar refractivity (Wildman–Crippen MR) is 117 cm³/mol. The Morgan fingerprint density at radius 3 is 2.52 bits per heavy atom. The van der Waals surface area contributed by atoms with Crippen LogP contribution in [0.25, 0.3) is 22.2 Å².